The number of benzene rings is 3. The fourth-order valence-corrected chi connectivity index (χ4v) is 5.77. The van der Waals surface area contributed by atoms with Gasteiger partial charge in [-0.25, -0.2) is 9.97 Å². The summed E-state index contributed by atoms with van der Waals surface area (Å²) in [4.78, 5) is 16.0. The summed E-state index contributed by atoms with van der Waals surface area (Å²) in [6.07, 6.45) is 1.47. The van der Waals surface area contributed by atoms with Crippen LogP contribution in [0.3, 0.4) is 0 Å². The first-order chi connectivity index (χ1) is 19.8. The highest BCUT2D eigenvalue weighted by Gasteiger charge is 2.42. The predicted molar refractivity (Wildman–Crippen MR) is 170 cm³/mol. The largest absolute Gasteiger partial charge is 0.380 e. The molecule has 0 radical (unpaired) electrons. The second-order valence-corrected chi connectivity index (χ2v) is 11.0. The third-order valence-electron chi connectivity index (χ3n) is 7.34. The minimum Gasteiger partial charge on any atom is -0.380 e. The van der Waals surface area contributed by atoms with Gasteiger partial charge in [0.25, 0.3) is 0 Å². The van der Waals surface area contributed by atoms with E-state index >= 15 is 0 Å². The van der Waals surface area contributed by atoms with Gasteiger partial charge in [-0.2, -0.15) is 4.99 Å². The molecule has 3 aromatic carbocycles. The van der Waals surface area contributed by atoms with Crippen LogP contribution >= 0.6 is 23.8 Å². The van der Waals surface area contributed by atoms with E-state index in [1.807, 2.05) is 98.8 Å². The fraction of sp³-hybridized carbons (Fsp3) is 0.250. The normalized spacial score (nSPS) is 14.5. The molecule has 41 heavy (non-hydrogen) atoms. The van der Waals surface area contributed by atoms with Gasteiger partial charge in [0.15, 0.2) is 0 Å². The lowest BCUT2D eigenvalue weighted by Crippen LogP contribution is -2.48. The van der Waals surface area contributed by atoms with E-state index in [2.05, 4.69) is 25.5 Å². The van der Waals surface area contributed by atoms with Gasteiger partial charge in [0.1, 0.15) is 5.60 Å². The molecule has 9 heteroatoms. The lowest BCUT2D eigenvalue weighted by molar-refractivity contribution is -0.00653. The van der Waals surface area contributed by atoms with Crippen LogP contribution in [-0.2, 0) is 5.60 Å². The molecule has 0 aliphatic carbocycles. The molecule has 1 aliphatic heterocycles. The number of aliphatic imine (C=N–C) groups is 1. The Morgan fingerprint density at radius 3 is 1.98 bits per heavy atom. The third kappa shape index (κ3) is 6.73. The first kappa shape index (κ1) is 28.7. The Balaban J connectivity index is 1.41. The second-order valence-electron chi connectivity index (χ2n) is 10.2. The molecule has 5 rings (SSSR count). The Kier molecular flexibility index (Phi) is 8.93. The van der Waals surface area contributed by atoms with E-state index in [1.54, 1.807) is 6.07 Å². The van der Waals surface area contributed by atoms with E-state index in [0.29, 0.717) is 35.7 Å². The van der Waals surface area contributed by atoms with Gasteiger partial charge in [0, 0.05) is 24.5 Å². The summed E-state index contributed by atoms with van der Waals surface area (Å²) in [5.74, 6) is 0.991. The van der Waals surface area contributed by atoms with Gasteiger partial charge < -0.3 is 15.3 Å². The number of halogens is 1. The van der Waals surface area contributed by atoms with Crippen LogP contribution < -0.4 is 10.6 Å². The van der Waals surface area contributed by atoms with Crippen molar-refractivity contribution in [2.75, 3.05) is 23.7 Å². The minimum atomic E-state index is -1.11. The van der Waals surface area contributed by atoms with E-state index in [-0.39, 0.29) is 11.0 Å². The van der Waals surface area contributed by atoms with Crippen molar-refractivity contribution in [3.8, 4) is 0 Å². The number of likely N-dealkylation sites (tertiary alicyclic amines) is 1. The zero-order valence-corrected chi connectivity index (χ0v) is 24.7. The number of anilines is 2. The second kappa shape index (κ2) is 12.8. The first-order valence-electron chi connectivity index (χ1n) is 13.6. The Morgan fingerprint density at radius 1 is 0.878 bits per heavy atom. The van der Waals surface area contributed by atoms with Crippen LogP contribution in [0.1, 0.15) is 35.4 Å². The summed E-state index contributed by atoms with van der Waals surface area (Å²) in [7, 11) is 0. The van der Waals surface area contributed by atoms with E-state index in [0.717, 1.165) is 35.4 Å². The maximum Gasteiger partial charge on any atom is 0.229 e. The molecule has 210 valence electrons. The summed E-state index contributed by atoms with van der Waals surface area (Å²) in [5.41, 5.74) is 3.06. The number of hydrogen-bond donors (Lipinski definition) is 3. The van der Waals surface area contributed by atoms with Crippen molar-refractivity contribution in [2.24, 2.45) is 10.9 Å². The van der Waals surface area contributed by atoms with Gasteiger partial charge in [-0.1, -0.05) is 84.4 Å². The molecule has 0 amide bonds. The molecule has 0 bridgehead atoms. The van der Waals surface area contributed by atoms with Gasteiger partial charge in [0.2, 0.25) is 17.0 Å². The number of nitrogens with one attached hydrogen (secondary N) is 2. The monoisotopic (exact) mass is 584 g/mol. The number of piperidine rings is 1. The van der Waals surface area contributed by atoms with Gasteiger partial charge in [-0.3, -0.25) is 5.32 Å². The average molecular weight is 585 g/mol. The molecular weight excluding hydrogens is 552 g/mol. The third-order valence-corrected chi connectivity index (χ3v) is 7.86. The maximum atomic E-state index is 12.3. The molecule has 0 spiro atoms. The smallest absolute Gasteiger partial charge is 0.229 e. The van der Waals surface area contributed by atoms with Crippen molar-refractivity contribution in [3.05, 3.63) is 119 Å². The summed E-state index contributed by atoms with van der Waals surface area (Å²) < 4.78 is 0. The molecular formula is C32H33ClN6OS. The Morgan fingerprint density at radius 2 is 1.41 bits per heavy atom. The standard InChI is InChI=1S/C32H33ClN6OS/c1-22-21-23(2)35-29(34-22)37-30(38-31(41)36-28-16-10-9-15-27(28)33)39-19-17-26(18-20-39)32(40,24-11-5-3-6-12-24)25-13-7-4-8-14-25/h3-16,21,26,40H,17-20H2,1-2H3,(H2,34,35,36,37,38,41). The highest BCUT2D eigenvalue weighted by Crippen LogP contribution is 2.42. The SMILES string of the molecule is Cc1cc(C)nc(N/C(=N/C(=S)Nc2ccccc2Cl)N2CCC(C(O)(c3ccccc3)c3ccccc3)CC2)n1. The van der Waals surface area contributed by atoms with Crippen LogP contribution in [0.4, 0.5) is 11.6 Å². The van der Waals surface area contributed by atoms with Crippen LogP contribution in [0.15, 0.2) is 96.0 Å². The number of rotatable bonds is 5. The van der Waals surface area contributed by atoms with E-state index in [4.69, 9.17) is 28.8 Å². The summed E-state index contributed by atoms with van der Waals surface area (Å²) in [6.45, 7) is 5.16. The van der Waals surface area contributed by atoms with Crippen molar-refractivity contribution in [1.29, 1.82) is 0 Å². The molecule has 4 aromatic rings. The molecule has 0 atom stereocenters. The molecule has 2 heterocycles. The predicted octanol–water partition coefficient (Wildman–Crippen LogP) is 6.56. The average Bonchev–Trinajstić information content (AvgIpc) is 2.98. The van der Waals surface area contributed by atoms with E-state index in [9.17, 15) is 5.11 Å². The molecule has 1 fully saturated rings. The lowest BCUT2D eigenvalue weighted by atomic mass is 9.72. The summed E-state index contributed by atoms with van der Waals surface area (Å²) in [6, 6.07) is 29.2. The Hall–Kier alpha value is -3.85. The zero-order valence-electron chi connectivity index (χ0n) is 23.1. The number of aryl methyl sites for hydroxylation is 2. The quantitative estimate of drug-likeness (QED) is 0.139. The van der Waals surface area contributed by atoms with Gasteiger partial charge in [0.05, 0.1) is 10.7 Å². The molecule has 1 aliphatic rings. The Labute approximate surface area is 251 Å². The number of nitrogens with zero attached hydrogens (tertiary/aromatic N) is 4. The van der Waals surface area contributed by atoms with E-state index < -0.39 is 5.60 Å². The van der Waals surface area contributed by atoms with Crippen molar-refractivity contribution in [2.45, 2.75) is 32.3 Å². The lowest BCUT2D eigenvalue weighted by Gasteiger charge is -2.43. The van der Waals surface area contributed by atoms with Crippen molar-refractivity contribution < 1.29 is 5.11 Å². The van der Waals surface area contributed by atoms with Crippen molar-refractivity contribution in [3.63, 3.8) is 0 Å². The van der Waals surface area contributed by atoms with Crippen molar-refractivity contribution >= 4 is 46.5 Å². The van der Waals surface area contributed by atoms with Gasteiger partial charge in [-0.05, 0) is 74.2 Å². The Bertz CT molecular complexity index is 1460. The number of guanidine groups is 1. The maximum absolute atomic E-state index is 12.3. The molecule has 0 unspecified atom stereocenters. The van der Waals surface area contributed by atoms with Crippen LogP contribution in [0.25, 0.3) is 0 Å². The molecule has 7 nitrogen and oxygen atoms in total. The fourth-order valence-electron chi connectivity index (χ4n) is 5.39. The van der Waals surface area contributed by atoms with E-state index in [1.165, 1.54) is 0 Å². The zero-order chi connectivity index (χ0) is 28.8. The highest BCUT2D eigenvalue weighted by atomic mass is 35.5. The topological polar surface area (TPSA) is 85.7 Å². The molecule has 0 saturated carbocycles. The van der Waals surface area contributed by atoms with Crippen LogP contribution in [0.5, 0.6) is 0 Å². The first-order valence-corrected chi connectivity index (χ1v) is 14.4. The molecule has 1 saturated heterocycles. The van der Waals surface area contributed by atoms with Crippen LogP contribution in [0.2, 0.25) is 5.02 Å². The number of thiocarbonyl (C=S) groups is 1. The number of hydrogen-bond acceptors (Lipinski definition) is 4. The number of aromatic nitrogens is 2. The summed E-state index contributed by atoms with van der Waals surface area (Å²) in [5, 5.41) is 19.6. The molecule has 1 aromatic heterocycles. The number of aliphatic hydroxyl groups is 1. The minimum absolute atomic E-state index is 0.00420. The summed E-state index contributed by atoms with van der Waals surface area (Å²) >= 11 is 12.0. The van der Waals surface area contributed by atoms with Gasteiger partial charge in [-0.15, -0.1) is 0 Å². The van der Waals surface area contributed by atoms with Crippen LogP contribution in [-0.4, -0.2) is 44.1 Å². The van der Waals surface area contributed by atoms with Crippen molar-refractivity contribution in [1.82, 2.24) is 14.9 Å². The van der Waals surface area contributed by atoms with Gasteiger partial charge >= 0.3 is 0 Å². The number of para-hydroxylation sites is 1. The van der Waals surface area contributed by atoms with Crippen LogP contribution in [0, 0.1) is 19.8 Å². The molecule has 3 N–H and O–H groups in total. The highest BCUT2D eigenvalue weighted by molar-refractivity contribution is 7.80.